The molecule has 1 amide bonds. The molecular formula is C17H24N4O2S. The number of hydrogen-bond acceptors (Lipinski definition) is 6. The van der Waals surface area contributed by atoms with Crippen molar-refractivity contribution in [2.45, 2.75) is 44.9 Å². The third-order valence-electron chi connectivity index (χ3n) is 3.46. The molecule has 1 aromatic heterocycles. The second-order valence-electron chi connectivity index (χ2n) is 5.99. The standard InChI is InChI=1S/C17H24N4O2S/c1-4-12-7-5-6-8-14(12)19-15(22)10-24-17-21-20-16(23-17)13(18)9-11(2)3/h5-8,11,13H,4,9-10,18H2,1-3H3,(H,19,22). The fraction of sp³-hybridized carbons (Fsp3) is 0.471. The van der Waals surface area contributed by atoms with Crippen LogP contribution in [0.2, 0.25) is 0 Å². The molecule has 0 aliphatic rings. The van der Waals surface area contributed by atoms with Gasteiger partial charge in [-0.3, -0.25) is 4.79 Å². The van der Waals surface area contributed by atoms with Gasteiger partial charge in [0.25, 0.3) is 5.22 Å². The number of carbonyl (C=O) groups excluding carboxylic acids is 1. The summed E-state index contributed by atoms with van der Waals surface area (Å²) in [6, 6.07) is 7.50. The van der Waals surface area contributed by atoms with Crippen molar-refractivity contribution in [3.05, 3.63) is 35.7 Å². The molecule has 2 rings (SSSR count). The number of benzene rings is 1. The van der Waals surface area contributed by atoms with Gasteiger partial charge in [-0.05, 0) is 30.4 Å². The fourth-order valence-corrected chi connectivity index (χ4v) is 2.87. The van der Waals surface area contributed by atoms with Crippen LogP contribution in [0.25, 0.3) is 0 Å². The predicted octanol–water partition coefficient (Wildman–Crippen LogP) is 3.41. The van der Waals surface area contributed by atoms with Crippen LogP contribution in [0.4, 0.5) is 5.69 Å². The van der Waals surface area contributed by atoms with Gasteiger partial charge in [-0.15, -0.1) is 10.2 Å². The molecule has 24 heavy (non-hydrogen) atoms. The number of aromatic nitrogens is 2. The fourth-order valence-electron chi connectivity index (χ4n) is 2.30. The number of rotatable bonds is 8. The molecule has 0 fully saturated rings. The summed E-state index contributed by atoms with van der Waals surface area (Å²) in [5.41, 5.74) is 7.96. The van der Waals surface area contributed by atoms with Crippen molar-refractivity contribution < 1.29 is 9.21 Å². The molecule has 2 aromatic rings. The third kappa shape index (κ3) is 5.35. The highest BCUT2D eigenvalue weighted by atomic mass is 32.2. The van der Waals surface area contributed by atoms with Crippen molar-refractivity contribution in [3.8, 4) is 0 Å². The van der Waals surface area contributed by atoms with E-state index in [4.69, 9.17) is 10.2 Å². The van der Waals surface area contributed by atoms with Crippen molar-refractivity contribution in [1.82, 2.24) is 10.2 Å². The van der Waals surface area contributed by atoms with Gasteiger partial charge in [0.05, 0.1) is 11.8 Å². The minimum absolute atomic E-state index is 0.105. The van der Waals surface area contributed by atoms with Crippen molar-refractivity contribution in [3.63, 3.8) is 0 Å². The van der Waals surface area contributed by atoms with Gasteiger partial charge < -0.3 is 15.5 Å². The molecule has 1 aromatic carbocycles. The smallest absolute Gasteiger partial charge is 0.277 e. The monoisotopic (exact) mass is 348 g/mol. The zero-order chi connectivity index (χ0) is 17.5. The van der Waals surface area contributed by atoms with E-state index in [9.17, 15) is 4.79 Å². The first-order valence-electron chi connectivity index (χ1n) is 8.09. The van der Waals surface area contributed by atoms with Crippen molar-refractivity contribution in [1.29, 1.82) is 0 Å². The highest BCUT2D eigenvalue weighted by Crippen LogP contribution is 2.23. The quantitative estimate of drug-likeness (QED) is 0.710. The van der Waals surface area contributed by atoms with Crippen LogP contribution in [0.3, 0.4) is 0 Å². The second-order valence-corrected chi connectivity index (χ2v) is 6.92. The number of aryl methyl sites for hydroxylation is 1. The molecule has 0 bridgehead atoms. The summed E-state index contributed by atoms with van der Waals surface area (Å²) in [5.74, 6) is 0.974. The lowest BCUT2D eigenvalue weighted by Crippen LogP contribution is -2.15. The van der Waals surface area contributed by atoms with Gasteiger partial charge in [0.15, 0.2) is 0 Å². The van der Waals surface area contributed by atoms with E-state index in [2.05, 4.69) is 36.3 Å². The van der Waals surface area contributed by atoms with Crippen LogP contribution in [-0.2, 0) is 11.2 Å². The number of anilines is 1. The third-order valence-corrected chi connectivity index (χ3v) is 4.28. The molecule has 0 saturated carbocycles. The second kappa shape index (κ2) is 8.84. The molecule has 7 heteroatoms. The number of nitrogens with zero attached hydrogens (tertiary/aromatic N) is 2. The maximum Gasteiger partial charge on any atom is 0.277 e. The van der Waals surface area contributed by atoms with Gasteiger partial charge >= 0.3 is 0 Å². The lowest BCUT2D eigenvalue weighted by atomic mass is 10.1. The maximum atomic E-state index is 12.1. The molecule has 6 nitrogen and oxygen atoms in total. The number of amides is 1. The minimum Gasteiger partial charge on any atom is -0.414 e. The first kappa shape index (κ1) is 18.5. The lowest BCUT2D eigenvalue weighted by molar-refractivity contribution is -0.113. The largest absolute Gasteiger partial charge is 0.414 e. The summed E-state index contributed by atoms with van der Waals surface area (Å²) in [4.78, 5) is 12.1. The van der Waals surface area contributed by atoms with Gasteiger partial charge in [0, 0.05) is 5.69 Å². The van der Waals surface area contributed by atoms with Gasteiger partial charge in [-0.25, -0.2) is 0 Å². The van der Waals surface area contributed by atoms with Crippen LogP contribution in [0.15, 0.2) is 33.9 Å². The van der Waals surface area contributed by atoms with Crippen LogP contribution in [0, 0.1) is 5.92 Å². The lowest BCUT2D eigenvalue weighted by Gasteiger charge is -2.09. The molecule has 0 aliphatic carbocycles. The van der Waals surface area contributed by atoms with E-state index in [1.165, 1.54) is 11.8 Å². The number of nitrogens with one attached hydrogen (secondary N) is 1. The first-order valence-corrected chi connectivity index (χ1v) is 9.07. The molecule has 1 heterocycles. The Morgan fingerprint density at radius 2 is 2.08 bits per heavy atom. The first-order chi connectivity index (χ1) is 11.5. The molecule has 3 N–H and O–H groups in total. The normalized spacial score (nSPS) is 12.4. The van der Waals surface area contributed by atoms with Gasteiger partial charge in [-0.1, -0.05) is 50.7 Å². The van der Waals surface area contributed by atoms with Gasteiger partial charge in [0.1, 0.15) is 0 Å². The Hall–Kier alpha value is -1.86. The summed E-state index contributed by atoms with van der Waals surface area (Å²) >= 11 is 1.21. The molecule has 0 spiro atoms. The summed E-state index contributed by atoms with van der Waals surface area (Å²) in [7, 11) is 0. The van der Waals surface area contributed by atoms with E-state index in [1.807, 2.05) is 24.3 Å². The van der Waals surface area contributed by atoms with Gasteiger partial charge in [0.2, 0.25) is 11.8 Å². The Kier molecular flexibility index (Phi) is 6.81. The highest BCUT2D eigenvalue weighted by molar-refractivity contribution is 7.99. The van der Waals surface area contributed by atoms with E-state index in [0.29, 0.717) is 17.0 Å². The van der Waals surface area contributed by atoms with E-state index in [0.717, 1.165) is 24.1 Å². The van der Waals surface area contributed by atoms with Crippen LogP contribution < -0.4 is 11.1 Å². The topological polar surface area (TPSA) is 94.0 Å². The molecular weight excluding hydrogens is 324 g/mol. The summed E-state index contributed by atoms with van der Waals surface area (Å²) in [5, 5.41) is 11.2. The molecule has 130 valence electrons. The number of para-hydroxylation sites is 1. The van der Waals surface area contributed by atoms with E-state index >= 15 is 0 Å². The van der Waals surface area contributed by atoms with Crippen LogP contribution >= 0.6 is 11.8 Å². The number of hydrogen-bond donors (Lipinski definition) is 2. The summed E-state index contributed by atoms with van der Waals surface area (Å²) in [6.45, 7) is 6.23. The number of thioether (sulfide) groups is 1. The van der Waals surface area contributed by atoms with E-state index in [1.54, 1.807) is 0 Å². The van der Waals surface area contributed by atoms with Crippen molar-refractivity contribution in [2.24, 2.45) is 11.7 Å². The molecule has 1 unspecified atom stereocenters. The maximum absolute atomic E-state index is 12.1. The summed E-state index contributed by atoms with van der Waals surface area (Å²) < 4.78 is 5.53. The van der Waals surface area contributed by atoms with Gasteiger partial charge in [-0.2, -0.15) is 0 Å². The zero-order valence-electron chi connectivity index (χ0n) is 14.3. The Balaban J connectivity index is 1.87. The van der Waals surface area contributed by atoms with E-state index < -0.39 is 0 Å². The van der Waals surface area contributed by atoms with E-state index in [-0.39, 0.29) is 17.7 Å². The Morgan fingerprint density at radius 3 is 2.79 bits per heavy atom. The van der Waals surface area contributed by atoms with Crippen molar-refractivity contribution >= 4 is 23.4 Å². The van der Waals surface area contributed by atoms with Crippen LogP contribution in [0.5, 0.6) is 0 Å². The summed E-state index contributed by atoms with van der Waals surface area (Å²) in [6.07, 6.45) is 1.64. The Morgan fingerprint density at radius 1 is 1.33 bits per heavy atom. The zero-order valence-corrected chi connectivity index (χ0v) is 15.1. The SMILES string of the molecule is CCc1ccccc1NC(=O)CSc1nnc(C(N)CC(C)C)o1. The molecule has 0 saturated heterocycles. The molecule has 1 atom stereocenters. The van der Waals surface area contributed by atoms with Crippen LogP contribution in [-0.4, -0.2) is 21.9 Å². The highest BCUT2D eigenvalue weighted by Gasteiger charge is 2.17. The number of nitrogens with two attached hydrogens (primary N) is 1. The molecule has 0 aliphatic heterocycles. The predicted molar refractivity (Wildman–Crippen MR) is 95.9 cm³/mol. The van der Waals surface area contributed by atoms with Crippen molar-refractivity contribution in [2.75, 3.05) is 11.1 Å². The average molecular weight is 348 g/mol. The molecule has 0 radical (unpaired) electrons. The van der Waals surface area contributed by atoms with Crippen LogP contribution in [0.1, 0.15) is 44.7 Å². The minimum atomic E-state index is -0.267. The number of carbonyl (C=O) groups is 1. The average Bonchev–Trinajstić information content (AvgIpc) is 3.02. The Labute approximate surface area is 146 Å². The Bertz CT molecular complexity index is 672.